The Kier molecular flexibility index (Phi) is 10.9. The van der Waals surface area contributed by atoms with Crippen molar-refractivity contribution in [3.05, 3.63) is 293 Å². The molecule has 4 heterocycles. The van der Waals surface area contributed by atoms with Crippen LogP contribution in [0.3, 0.4) is 0 Å². The number of benzene rings is 13. The van der Waals surface area contributed by atoms with Gasteiger partial charge in [-0.25, -0.2) is 0 Å². The summed E-state index contributed by atoms with van der Waals surface area (Å²) in [7, 11) is 0. The molecule has 0 unspecified atom stereocenters. The van der Waals surface area contributed by atoms with Gasteiger partial charge < -0.3 is 23.2 Å². The molecule has 1 spiro atoms. The zero-order valence-electron chi connectivity index (χ0n) is 51.8. The molecule has 0 saturated carbocycles. The van der Waals surface area contributed by atoms with E-state index < -0.39 is 5.41 Å². The Balaban J connectivity index is 1.00. The maximum Gasteiger partial charge on any atom is 0.159 e. The number of anilines is 6. The van der Waals surface area contributed by atoms with E-state index in [1.165, 1.54) is 77.3 Å². The van der Waals surface area contributed by atoms with Gasteiger partial charge in [-0.2, -0.15) is 0 Å². The smallest absolute Gasteiger partial charge is 0.159 e. The monoisotopic (exact) mass is 1160 g/mol. The number of nitrogens with zero attached hydrogens (tertiary/aromatic N) is 3. The highest BCUT2D eigenvalue weighted by atomic mass is 16.3. The minimum atomic E-state index is -0.781. The van der Waals surface area contributed by atoms with Gasteiger partial charge in [0.1, 0.15) is 11.2 Å². The highest BCUT2D eigenvalue weighted by Crippen LogP contribution is 2.64. The fourth-order valence-electron chi connectivity index (χ4n) is 15.8. The van der Waals surface area contributed by atoms with E-state index in [0.29, 0.717) is 0 Å². The van der Waals surface area contributed by atoms with E-state index in [-0.39, 0.29) is 10.8 Å². The summed E-state index contributed by atoms with van der Waals surface area (Å²) in [5, 5.41) is 11.6. The summed E-state index contributed by atoms with van der Waals surface area (Å²) in [6.07, 6.45) is 0. The average molecular weight is 1160 g/mol. The van der Waals surface area contributed by atoms with Crippen molar-refractivity contribution in [2.45, 2.75) is 71.6 Å². The second kappa shape index (κ2) is 18.7. The van der Waals surface area contributed by atoms with E-state index in [2.05, 4.69) is 318 Å². The molecule has 18 rings (SSSR count). The molecule has 90 heavy (non-hydrogen) atoms. The van der Waals surface area contributed by atoms with E-state index in [9.17, 15) is 0 Å². The van der Waals surface area contributed by atoms with Crippen LogP contribution in [-0.2, 0) is 16.2 Å². The van der Waals surface area contributed by atoms with Crippen molar-refractivity contribution in [1.82, 2.24) is 4.57 Å². The average Bonchev–Trinajstić information content (AvgIpc) is 1.46. The number of aryl methyl sites for hydroxylation is 2. The van der Waals surface area contributed by atoms with Crippen LogP contribution in [0.1, 0.15) is 86.1 Å². The van der Waals surface area contributed by atoms with Crippen LogP contribution in [0.5, 0.6) is 0 Å². The molecule has 1 aliphatic heterocycles. The standard InChI is InChI=1S/C85H65N3O2/c1-50-19-15-25-62-64-27-17-31-74(81(64)89-79(50)62)86(56-39-35-54(36-40-56)83(3,4)5)58-43-46-72-66(47-58)67-48-59(87(57-41-37-55(38-42-57)84(6,7)8)75-32-18-28-65-63-26-16-20-51(2)80(63)90-82(65)75)49-71-78(67)88(72)73-30-14-13-29-68(73)85(71)69-44-33-52-21-9-11-23-60(52)76(69)77-61-24-12-10-22-53(61)34-45-70(77)85/h9-49H,1-8H3. The number of furan rings is 2. The molecule has 0 saturated heterocycles. The van der Waals surface area contributed by atoms with Crippen LogP contribution >= 0.6 is 0 Å². The molecular formula is C85H65N3O2. The number of hydrogen-bond donors (Lipinski definition) is 0. The van der Waals surface area contributed by atoms with Crippen molar-refractivity contribution in [3.63, 3.8) is 0 Å². The third kappa shape index (κ3) is 7.26. The van der Waals surface area contributed by atoms with E-state index in [4.69, 9.17) is 8.83 Å². The summed E-state index contributed by atoms with van der Waals surface area (Å²) in [6, 6.07) is 93.8. The minimum absolute atomic E-state index is 0.0341. The van der Waals surface area contributed by atoms with Gasteiger partial charge in [0.2, 0.25) is 0 Å². The molecule has 16 aromatic rings. The normalized spacial score (nSPS) is 13.4. The Morgan fingerprint density at radius 1 is 0.333 bits per heavy atom. The molecule has 0 amide bonds. The first-order valence-corrected chi connectivity index (χ1v) is 31.6. The number of hydrogen-bond acceptors (Lipinski definition) is 4. The number of aromatic nitrogens is 1. The molecule has 0 radical (unpaired) electrons. The lowest BCUT2D eigenvalue weighted by atomic mass is 9.65. The maximum absolute atomic E-state index is 7.21. The molecule has 432 valence electrons. The zero-order valence-corrected chi connectivity index (χ0v) is 51.8. The van der Waals surface area contributed by atoms with Gasteiger partial charge in [0.05, 0.1) is 33.5 Å². The summed E-state index contributed by atoms with van der Waals surface area (Å²) in [4.78, 5) is 4.90. The fourth-order valence-corrected chi connectivity index (χ4v) is 15.8. The summed E-state index contributed by atoms with van der Waals surface area (Å²) in [6.45, 7) is 18.0. The van der Waals surface area contributed by atoms with Gasteiger partial charge in [-0.05, 0) is 175 Å². The largest absolute Gasteiger partial charge is 0.454 e. The van der Waals surface area contributed by atoms with Crippen LogP contribution in [0.4, 0.5) is 34.1 Å². The summed E-state index contributed by atoms with van der Waals surface area (Å²) in [5.41, 5.74) is 24.6. The molecule has 5 heteroatoms. The molecular weight excluding hydrogens is 1090 g/mol. The first-order chi connectivity index (χ1) is 43.7. The lowest BCUT2D eigenvalue weighted by Gasteiger charge is -2.40. The molecule has 1 aliphatic carbocycles. The van der Waals surface area contributed by atoms with Gasteiger partial charge in [0, 0.05) is 55.1 Å². The highest BCUT2D eigenvalue weighted by molar-refractivity contribution is 6.20. The van der Waals surface area contributed by atoms with Crippen LogP contribution in [0.25, 0.3) is 104 Å². The van der Waals surface area contributed by atoms with Gasteiger partial charge in [-0.15, -0.1) is 0 Å². The van der Waals surface area contributed by atoms with Gasteiger partial charge in [0.15, 0.2) is 11.2 Å². The second-order valence-corrected chi connectivity index (χ2v) is 27.3. The molecule has 0 fully saturated rings. The predicted octanol–water partition coefficient (Wildman–Crippen LogP) is 23.7. The van der Waals surface area contributed by atoms with E-state index in [1.54, 1.807) is 0 Å². The van der Waals surface area contributed by atoms with Crippen molar-refractivity contribution >= 4 is 121 Å². The van der Waals surface area contributed by atoms with Crippen LogP contribution in [-0.4, -0.2) is 4.57 Å². The third-order valence-corrected chi connectivity index (χ3v) is 20.1. The zero-order chi connectivity index (χ0) is 60.7. The van der Waals surface area contributed by atoms with Gasteiger partial charge in [0.25, 0.3) is 0 Å². The summed E-state index contributed by atoms with van der Waals surface area (Å²) >= 11 is 0. The van der Waals surface area contributed by atoms with Crippen molar-refractivity contribution in [1.29, 1.82) is 0 Å². The van der Waals surface area contributed by atoms with Crippen LogP contribution in [0, 0.1) is 13.8 Å². The third-order valence-electron chi connectivity index (χ3n) is 20.1. The lowest BCUT2D eigenvalue weighted by Crippen LogP contribution is -2.33. The first-order valence-electron chi connectivity index (χ1n) is 31.6. The molecule has 0 atom stereocenters. The maximum atomic E-state index is 7.21. The predicted molar refractivity (Wildman–Crippen MR) is 377 cm³/mol. The van der Waals surface area contributed by atoms with Crippen LogP contribution < -0.4 is 9.80 Å². The van der Waals surface area contributed by atoms with Gasteiger partial charge >= 0.3 is 0 Å². The Morgan fingerprint density at radius 3 is 1.31 bits per heavy atom. The van der Waals surface area contributed by atoms with Crippen LogP contribution in [0.15, 0.2) is 258 Å². The van der Waals surface area contributed by atoms with Crippen LogP contribution in [0.2, 0.25) is 0 Å². The van der Waals surface area contributed by atoms with E-state index in [1.807, 2.05) is 0 Å². The lowest BCUT2D eigenvalue weighted by molar-refractivity contribution is 0.590. The fraction of sp³-hybridized carbons (Fsp3) is 0.129. The second-order valence-electron chi connectivity index (χ2n) is 27.3. The Labute approximate surface area is 523 Å². The Morgan fingerprint density at radius 2 is 0.778 bits per heavy atom. The van der Waals surface area contributed by atoms with Gasteiger partial charge in [-0.1, -0.05) is 217 Å². The Hall–Kier alpha value is -10.6. The topological polar surface area (TPSA) is 37.7 Å². The van der Waals surface area contributed by atoms with Crippen molar-refractivity contribution in [2.75, 3.05) is 9.80 Å². The number of fused-ring (bicyclic) bond motifs is 22. The minimum Gasteiger partial charge on any atom is -0.454 e. The van der Waals surface area contributed by atoms with Gasteiger partial charge in [-0.3, -0.25) is 0 Å². The van der Waals surface area contributed by atoms with E-state index in [0.717, 1.165) is 105 Å². The summed E-state index contributed by atoms with van der Waals surface area (Å²) < 4.78 is 16.9. The van der Waals surface area contributed by atoms with Crippen molar-refractivity contribution in [2.24, 2.45) is 0 Å². The molecule has 13 aromatic carbocycles. The molecule has 5 nitrogen and oxygen atoms in total. The van der Waals surface area contributed by atoms with Crippen molar-refractivity contribution in [3.8, 4) is 16.8 Å². The molecule has 0 N–H and O–H groups in total. The number of para-hydroxylation sites is 5. The summed E-state index contributed by atoms with van der Waals surface area (Å²) in [5.74, 6) is 0. The van der Waals surface area contributed by atoms with Crippen molar-refractivity contribution < 1.29 is 8.83 Å². The number of rotatable bonds is 6. The SMILES string of the molecule is Cc1cccc2c1oc1c(N(c3ccc(C(C)(C)C)cc3)c3ccc4c(c3)c3cc(N(c5ccc(C(C)(C)C)cc5)c5cccc6c5oc5c(C)cccc56)cc5c3n4-c3ccccc3C53c4ccc5ccccc5c4-c4c3ccc3ccccc43)cccc12. The molecule has 0 bridgehead atoms. The van der Waals surface area contributed by atoms with E-state index >= 15 is 0 Å². The highest BCUT2D eigenvalue weighted by Gasteiger charge is 2.52. The molecule has 3 aromatic heterocycles. The quantitative estimate of drug-likeness (QED) is 0.166. The Bertz CT molecular complexity index is 5640. The first kappa shape index (κ1) is 52.5. The molecule has 2 aliphatic rings.